The summed E-state index contributed by atoms with van der Waals surface area (Å²) in [4.78, 5) is 42.3. The number of carbonyl (C=O) groups is 1. The number of thiazole rings is 1. The molecule has 0 saturated carbocycles. The highest BCUT2D eigenvalue weighted by Gasteiger charge is 2.38. The number of halogens is 1. The van der Waals surface area contributed by atoms with Crippen molar-refractivity contribution < 1.29 is 13.9 Å². The quantitative estimate of drug-likeness (QED) is 0.437. The number of hydrogen-bond acceptors (Lipinski definition) is 8. The maximum absolute atomic E-state index is 13.4. The van der Waals surface area contributed by atoms with Gasteiger partial charge in [0, 0.05) is 31.7 Å². The number of thioether (sulfide) groups is 1. The van der Waals surface area contributed by atoms with Crippen LogP contribution < -0.4 is 17.0 Å². The van der Waals surface area contributed by atoms with Gasteiger partial charge in [0.15, 0.2) is 5.22 Å². The van der Waals surface area contributed by atoms with Crippen LogP contribution in [0.1, 0.15) is 22.4 Å². The standard InChI is InChI=1S/C21H20ClN5O5S2/c1-9-8-33-18(24-9)15-13-14(25(2)21(30)26(3)19(13)28)16-17(11-4-5-12(22)32-11)34-10(6-27(15)16)7-31-20(23)29/h4-5,8,10,17H,6-7H2,1-3H3,(H2,23,29)/t10-,17+/m1/s1. The molecule has 1 aliphatic rings. The van der Waals surface area contributed by atoms with Crippen LogP contribution in [0.15, 0.2) is 31.5 Å². The molecule has 0 aromatic carbocycles. The summed E-state index contributed by atoms with van der Waals surface area (Å²) in [6, 6.07) is 3.40. The Morgan fingerprint density at radius 2 is 2.09 bits per heavy atom. The molecule has 5 rings (SSSR count). The van der Waals surface area contributed by atoms with Crippen molar-refractivity contribution in [3.8, 4) is 10.7 Å². The van der Waals surface area contributed by atoms with Crippen LogP contribution in [0.4, 0.5) is 4.79 Å². The van der Waals surface area contributed by atoms with Gasteiger partial charge in [0.05, 0.1) is 27.5 Å². The first-order valence-corrected chi connectivity index (χ1v) is 12.4. The minimum Gasteiger partial charge on any atom is -0.448 e. The fourth-order valence-electron chi connectivity index (χ4n) is 4.32. The van der Waals surface area contributed by atoms with Crippen LogP contribution in [0.5, 0.6) is 0 Å². The Morgan fingerprint density at radius 1 is 1.32 bits per heavy atom. The fraction of sp³-hybridized carbons (Fsp3) is 0.333. The van der Waals surface area contributed by atoms with E-state index in [1.165, 1.54) is 34.7 Å². The average molecular weight is 522 g/mol. The van der Waals surface area contributed by atoms with Crippen LogP contribution in [0, 0.1) is 6.92 Å². The number of hydrogen-bond donors (Lipinski definition) is 1. The van der Waals surface area contributed by atoms with Gasteiger partial charge in [-0.05, 0) is 30.7 Å². The van der Waals surface area contributed by atoms with E-state index in [9.17, 15) is 14.4 Å². The second-order valence-corrected chi connectivity index (χ2v) is 10.6. The van der Waals surface area contributed by atoms with E-state index < -0.39 is 22.6 Å². The highest BCUT2D eigenvalue weighted by molar-refractivity contribution is 8.00. The minimum atomic E-state index is -0.867. The van der Waals surface area contributed by atoms with Gasteiger partial charge in [-0.1, -0.05) is 0 Å². The van der Waals surface area contributed by atoms with Crippen molar-refractivity contribution in [2.45, 2.75) is 24.0 Å². The molecule has 0 unspecified atom stereocenters. The van der Waals surface area contributed by atoms with E-state index in [-0.39, 0.29) is 17.1 Å². The Hall–Kier alpha value is -2.96. The van der Waals surface area contributed by atoms with Crippen LogP contribution in [-0.4, -0.2) is 36.6 Å². The van der Waals surface area contributed by atoms with Crippen molar-refractivity contribution in [2.75, 3.05) is 6.61 Å². The van der Waals surface area contributed by atoms with Crippen LogP contribution in [0.2, 0.25) is 5.22 Å². The number of primary amides is 1. The molecule has 34 heavy (non-hydrogen) atoms. The molecule has 0 spiro atoms. The number of fused-ring (bicyclic) bond motifs is 3. The van der Waals surface area contributed by atoms with Crippen LogP contribution in [0.3, 0.4) is 0 Å². The number of aromatic nitrogens is 4. The highest BCUT2D eigenvalue weighted by Crippen LogP contribution is 2.49. The molecule has 0 aliphatic carbocycles. The predicted octanol–water partition coefficient (Wildman–Crippen LogP) is 3.02. The van der Waals surface area contributed by atoms with Crippen molar-refractivity contribution >= 4 is 51.7 Å². The Morgan fingerprint density at radius 3 is 2.71 bits per heavy atom. The first kappa shape index (κ1) is 22.8. The van der Waals surface area contributed by atoms with Crippen LogP contribution in [0.25, 0.3) is 21.6 Å². The van der Waals surface area contributed by atoms with Crippen molar-refractivity contribution in [1.29, 1.82) is 0 Å². The zero-order chi connectivity index (χ0) is 24.3. The van der Waals surface area contributed by atoms with E-state index in [1.807, 2.05) is 16.9 Å². The average Bonchev–Trinajstić information content (AvgIpc) is 3.50. The van der Waals surface area contributed by atoms with Crippen molar-refractivity contribution in [3.63, 3.8) is 0 Å². The number of aryl methyl sites for hydroxylation is 2. The van der Waals surface area contributed by atoms with Crippen molar-refractivity contribution in [1.82, 2.24) is 18.7 Å². The van der Waals surface area contributed by atoms with E-state index in [0.717, 1.165) is 16.0 Å². The largest absolute Gasteiger partial charge is 0.448 e. The Bertz CT molecular complexity index is 1560. The van der Waals surface area contributed by atoms with Gasteiger partial charge in [0.25, 0.3) is 5.56 Å². The van der Waals surface area contributed by atoms with E-state index in [2.05, 4.69) is 4.98 Å². The molecule has 10 nitrogen and oxygen atoms in total. The summed E-state index contributed by atoms with van der Waals surface area (Å²) < 4.78 is 15.4. The number of carbonyl (C=O) groups excluding carboxylic acids is 1. The van der Waals surface area contributed by atoms with Crippen LogP contribution in [-0.2, 0) is 25.4 Å². The van der Waals surface area contributed by atoms with Gasteiger partial charge in [0.1, 0.15) is 22.6 Å². The van der Waals surface area contributed by atoms with Crippen LogP contribution >= 0.6 is 34.7 Å². The smallest absolute Gasteiger partial charge is 0.404 e. The molecule has 4 aromatic rings. The van der Waals surface area contributed by atoms with Gasteiger partial charge in [-0.15, -0.1) is 23.1 Å². The van der Waals surface area contributed by atoms with Gasteiger partial charge in [0.2, 0.25) is 0 Å². The van der Waals surface area contributed by atoms with E-state index >= 15 is 0 Å². The summed E-state index contributed by atoms with van der Waals surface area (Å²) in [7, 11) is 3.10. The summed E-state index contributed by atoms with van der Waals surface area (Å²) in [6.07, 6.45) is -0.867. The number of ether oxygens (including phenoxy) is 1. The molecule has 2 atom stereocenters. The lowest BCUT2D eigenvalue weighted by Crippen LogP contribution is -2.37. The number of rotatable bonds is 4. The van der Waals surface area contributed by atoms with E-state index in [0.29, 0.717) is 33.9 Å². The molecular formula is C21H20ClN5O5S2. The topological polar surface area (TPSA) is 127 Å². The monoisotopic (exact) mass is 521 g/mol. The molecule has 5 heterocycles. The molecule has 0 radical (unpaired) electrons. The molecule has 4 aromatic heterocycles. The lowest BCUT2D eigenvalue weighted by atomic mass is 10.2. The van der Waals surface area contributed by atoms with Gasteiger partial charge < -0.3 is 19.5 Å². The SMILES string of the molecule is Cc1csc(-c2c3c(=O)n(C)c(=O)n(C)c3c3n2C[C@H](COC(N)=O)S[C@H]3c2ccc(Cl)o2)n1. The van der Waals surface area contributed by atoms with Gasteiger partial charge >= 0.3 is 11.8 Å². The molecule has 1 amide bonds. The third-order valence-electron chi connectivity index (χ3n) is 5.75. The maximum Gasteiger partial charge on any atom is 0.404 e. The molecule has 1 aliphatic heterocycles. The normalized spacial score (nSPS) is 17.8. The van der Waals surface area contributed by atoms with Gasteiger partial charge in [-0.3, -0.25) is 13.9 Å². The molecule has 2 N–H and O–H groups in total. The summed E-state index contributed by atoms with van der Waals surface area (Å²) in [6.45, 7) is 2.34. The summed E-state index contributed by atoms with van der Waals surface area (Å²) in [5.74, 6) is 0.550. The molecule has 0 bridgehead atoms. The molecule has 13 heteroatoms. The number of amides is 1. The number of furan rings is 1. The summed E-state index contributed by atoms with van der Waals surface area (Å²) in [5.41, 5.74) is 7.03. The zero-order valence-corrected chi connectivity index (χ0v) is 20.8. The minimum absolute atomic E-state index is 0.0617. The summed E-state index contributed by atoms with van der Waals surface area (Å²) >= 11 is 8.99. The Labute approximate surface area is 205 Å². The first-order valence-electron chi connectivity index (χ1n) is 10.2. The molecule has 0 saturated heterocycles. The third-order valence-corrected chi connectivity index (χ3v) is 8.32. The second-order valence-electron chi connectivity index (χ2n) is 7.98. The number of nitrogens with two attached hydrogens (primary N) is 1. The molecular weight excluding hydrogens is 502 g/mol. The first-order chi connectivity index (χ1) is 16.2. The second kappa shape index (κ2) is 8.36. The highest BCUT2D eigenvalue weighted by atomic mass is 35.5. The molecule has 178 valence electrons. The fourth-order valence-corrected chi connectivity index (χ4v) is 6.73. The lowest BCUT2D eigenvalue weighted by Gasteiger charge is -2.30. The maximum atomic E-state index is 13.4. The predicted molar refractivity (Wildman–Crippen MR) is 131 cm³/mol. The van der Waals surface area contributed by atoms with Gasteiger partial charge in [-0.25, -0.2) is 14.6 Å². The van der Waals surface area contributed by atoms with Crippen molar-refractivity contribution in [3.05, 3.63) is 60.7 Å². The zero-order valence-electron chi connectivity index (χ0n) is 18.4. The third kappa shape index (κ3) is 3.56. The molecule has 0 fully saturated rings. The summed E-state index contributed by atoms with van der Waals surface area (Å²) in [5, 5.41) is 2.53. The number of nitrogens with zero attached hydrogens (tertiary/aromatic N) is 4. The Balaban J connectivity index is 1.87. The van der Waals surface area contributed by atoms with Crippen molar-refractivity contribution in [2.24, 2.45) is 19.8 Å². The van der Waals surface area contributed by atoms with E-state index in [1.54, 1.807) is 19.2 Å². The lowest BCUT2D eigenvalue weighted by molar-refractivity contribution is 0.155. The van der Waals surface area contributed by atoms with Gasteiger partial charge in [-0.2, -0.15) is 0 Å². The Kier molecular flexibility index (Phi) is 5.61. The van der Waals surface area contributed by atoms with E-state index in [4.69, 9.17) is 26.5 Å².